The largest absolute Gasteiger partial charge is 0.399 e. The minimum atomic E-state index is -0.140. The maximum Gasteiger partial charge on any atom is 0.253 e. The van der Waals surface area contributed by atoms with Crippen LogP contribution in [0, 0.1) is 0 Å². The number of carbonyl (C=O) groups is 1. The van der Waals surface area contributed by atoms with E-state index >= 15 is 0 Å². The van der Waals surface area contributed by atoms with Crippen LogP contribution in [0.1, 0.15) is 22.8 Å². The Morgan fingerprint density at radius 3 is 2.70 bits per heavy atom. The predicted octanol–water partition coefficient (Wildman–Crippen LogP) is 2.93. The van der Waals surface area contributed by atoms with Crippen molar-refractivity contribution < 1.29 is 4.79 Å². The molecule has 4 N–H and O–H groups in total. The monoisotopic (exact) mass is 269 g/mol. The third-order valence-electron chi connectivity index (χ3n) is 3.13. The van der Waals surface area contributed by atoms with E-state index in [1.165, 1.54) is 5.56 Å². The first-order chi connectivity index (χ1) is 9.63. The average Bonchev–Trinajstić information content (AvgIpc) is 2.47. The van der Waals surface area contributed by atoms with Gasteiger partial charge in [0, 0.05) is 18.4 Å². The van der Waals surface area contributed by atoms with E-state index in [2.05, 4.69) is 29.7 Å². The van der Waals surface area contributed by atoms with E-state index in [-0.39, 0.29) is 5.91 Å². The molecule has 0 aliphatic carbocycles. The number of nitrogen functional groups attached to an aromatic ring is 1. The second kappa shape index (κ2) is 6.10. The molecule has 0 saturated heterocycles. The summed E-state index contributed by atoms with van der Waals surface area (Å²) in [7, 11) is 1.61. The molecule has 0 aromatic heterocycles. The van der Waals surface area contributed by atoms with Gasteiger partial charge in [0.15, 0.2) is 0 Å². The molecule has 20 heavy (non-hydrogen) atoms. The van der Waals surface area contributed by atoms with Crippen molar-refractivity contribution in [3.63, 3.8) is 0 Å². The standard InChI is InChI=1S/C16H19N3O/c1-3-11-5-4-6-13(9-11)19-15-10-12(17)7-8-14(15)16(20)18-2/h4-10,19H,3,17H2,1-2H3,(H,18,20). The van der Waals surface area contributed by atoms with Crippen LogP contribution in [-0.4, -0.2) is 13.0 Å². The Hall–Kier alpha value is -2.49. The van der Waals surface area contributed by atoms with Gasteiger partial charge < -0.3 is 16.4 Å². The Kier molecular flexibility index (Phi) is 4.25. The third-order valence-corrected chi connectivity index (χ3v) is 3.13. The SMILES string of the molecule is CCc1cccc(Nc2cc(N)ccc2C(=O)NC)c1. The molecule has 0 aliphatic rings. The highest BCUT2D eigenvalue weighted by molar-refractivity contribution is 6.00. The van der Waals surface area contributed by atoms with Crippen molar-refractivity contribution in [1.82, 2.24) is 5.32 Å². The molecule has 0 fully saturated rings. The fourth-order valence-electron chi connectivity index (χ4n) is 2.02. The summed E-state index contributed by atoms with van der Waals surface area (Å²) in [4.78, 5) is 11.9. The number of anilines is 3. The number of aryl methyl sites for hydroxylation is 1. The summed E-state index contributed by atoms with van der Waals surface area (Å²) in [6, 6.07) is 13.3. The van der Waals surface area contributed by atoms with Gasteiger partial charge in [-0.15, -0.1) is 0 Å². The van der Waals surface area contributed by atoms with Crippen LogP contribution < -0.4 is 16.4 Å². The molecular formula is C16H19N3O. The summed E-state index contributed by atoms with van der Waals surface area (Å²) >= 11 is 0. The Morgan fingerprint density at radius 2 is 2.00 bits per heavy atom. The molecule has 4 heteroatoms. The summed E-state index contributed by atoms with van der Waals surface area (Å²) in [6.45, 7) is 2.11. The van der Waals surface area contributed by atoms with Crippen LogP contribution in [0.5, 0.6) is 0 Å². The molecule has 0 unspecified atom stereocenters. The quantitative estimate of drug-likeness (QED) is 0.748. The van der Waals surface area contributed by atoms with E-state index < -0.39 is 0 Å². The van der Waals surface area contributed by atoms with E-state index in [4.69, 9.17) is 5.73 Å². The van der Waals surface area contributed by atoms with E-state index in [1.807, 2.05) is 12.1 Å². The number of nitrogens with one attached hydrogen (secondary N) is 2. The molecule has 2 rings (SSSR count). The average molecular weight is 269 g/mol. The van der Waals surface area contributed by atoms with Crippen molar-refractivity contribution in [2.24, 2.45) is 0 Å². The molecule has 104 valence electrons. The van der Waals surface area contributed by atoms with Crippen LogP contribution in [0.3, 0.4) is 0 Å². The van der Waals surface area contributed by atoms with E-state index in [0.717, 1.165) is 12.1 Å². The summed E-state index contributed by atoms with van der Waals surface area (Å²) in [5.41, 5.74) is 9.88. The second-order valence-corrected chi connectivity index (χ2v) is 4.56. The van der Waals surface area contributed by atoms with E-state index in [9.17, 15) is 4.79 Å². The molecule has 0 spiro atoms. The third kappa shape index (κ3) is 3.09. The zero-order chi connectivity index (χ0) is 14.5. The zero-order valence-electron chi connectivity index (χ0n) is 11.7. The lowest BCUT2D eigenvalue weighted by Crippen LogP contribution is -2.19. The molecule has 0 atom stereocenters. The van der Waals surface area contributed by atoms with Gasteiger partial charge in [-0.05, 0) is 42.3 Å². The summed E-state index contributed by atoms with van der Waals surface area (Å²) < 4.78 is 0. The molecule has 0 radical (unpaired) electrons. The Labute approximate surface area is 119 Å². The highest BCUT2D eigenvalue weighted by Crippen LogP contribution is 2.24. The van der Waals surface area contributed by atoms with Gasteiger partial charge in [-0.1, -0.05) is 19.1 Å². The van der Waals surface area contributed by atoms with Crippen LogP contribution in [0.15, 0.2) is 42.5 Å². The lowest BCUT2D eigenvalue weighted by Gasteiger charge is -2.13. The first-order valence-electron chi connectivity index (χ1n) is 6.61. The van der Waals surface area contributed by atoms with E-state index in [0.29, 0.717) is 16.9 Å². The van der Waals surface area contributed by atoms with Crippen molar-refractivity contribution in [2.75, 3.05) is 18.1 Å². The topological polar surface area (TPSA) is 67.1 Å². The van der Waals surface area contributed by atoms with E-state index in [1.54, 1.807) is 25.2 Å². The Bertz CT molecular complexity index is 623. The highest BCUT2D eigenvalue weighted by atomic mass is 16.1. The second-order valence-electron chi connectivity index (χ2n) is 4.56. The first kappa shape index (κ1) is 13.9. The van der Waals surface area contributed by atoms with Gasteiger partial charge in [0.2, 0.25) is 0 Å². The first-order valence-corrected chi connectivity index (χ1v) is 6.61. The summed E-state index contributed by atoms with van der Waals surface area (Å²) in [5, 5.41) is 5.89. The van der Waals surface area contributed by atoms with Crippen LogP contribution >= 0.6 is 0 Å². The predicted molar refractivity (Wildman–Crippen MR) is 83.3 cm³/mol. The number of rotatable bonds is 4. The van der Waals surface area contributed by atoms with Crippen molar-refractivity contribution >= 4 is 23.0 Å². The molecule has 1 amide bonds. The number of amides is 1. The smallest absolute Gasteiger partial charge is 0.253 e. The Morgan fingerprint density at radius 1 is 1.20 bits per heavy atom. The van der Waals surface area contributed by atoms with Gasteiger partial charge in [-0.25, -0.2) is 0 Å². The zero-order valence-corrected chi connectivity index (χ0v) is 11.7. The van der Waals surface area contributed by atoms with Gasteiger partial charge in [0.25, 0.3) is 5.91 Å². The van der Waals surface area contributed by atoms with Crippen molar-refractivity contribution in [2.45, 2.75) is 13.3 Å². The Balaban J connectivity index is 2.36. The highest BCUT2D eigenvalue weighted by Gasteiger charge is 2.10. The molecular weight excluding hydrogens is 250 g/mol. The minimum Gasteiger partial charge on any atom is -0.399 e. The number of nitrogens with two attached hydrogens (primary N) is 1. The summed E-state index contributed by atoms with van der Waals surface area (Å²) in [5.74, 6) is -0.140. The molecule has 4 nitrogen and oxygen atoms in total. The van der Waals surface area contributed by atoms with Crippen molar-refractivity contribution in [1.29, 1.82) is 0 Å². The van der Waals surface area contributed by atoms with Crippen molar-refractivity contribution in [3.05, 3.63) is 53.6 Å². The van der Waals surface area contributed by atoms with Gasteiger partial charge in [0.05, 0.1) is 11.3 Å². The fraction of sp³-hybridized carbons (Fsp3) is 0.188. The van der Waals surface area contributed by atoms with Crippen LogP contribution in [0.4, 0.5) is 17.1 Å². The van der Waals surface area contributed by atoms with Gasteiger partial charge in [0.1, 0.15) is 0 Å². The maximum absolute atomic E-state index is 11.9. The number of benzene rings is 2. The number of carbonyl (C=O) groups excluding carboxylic acids is 1. The molecule has 0 bridgehead atoms. The normalized spacial score (nSPS) is 10.1. The number of hydrogen-bond acceptors (Lipinski definition) is 3. The lowest BCUT2D eigenvalue weighted by atomic mass is 10.1. The molecule has 0 saturated carbocycles. The van der Waals surface area contributed by atoms with Crippen LogP contribution in [0.2, 0.25) is 0 Å². The van der Waals surface area contributed by atoms with Crippen LogP contribution in [0.25, 0.3) is 0 Å². The summed E-state index contributed by atoms with van der Waals surface area (Å²) in [6.07, 6.45) is 0.967. The molecule has 0 aliphatic heterocycles. The molecule has 2 aromatic rings. The molecule has 0 heterocycles. The van der Waals surface area contributed by atoms with Gasteiger partial charge in [-0.3, -0.25) is 4.79 Å². The molecule has 2 aromatic carbocycles. The van der Waals surface area contributed by atoms with Crippen molar-refractivity contribution in [3.8, 4) is 0 Å². The van der Waals surface area contributed by atoms with Crippen LogP contribution in [-0.2, 0) is 6.42 Å². The minimum absolute atomic E-state index is 0.140. The maximum atomic E-state index is 11.9. The lowest BCUT2D eigenvalue weighted by molar-refractivity contribution is 0.0964. The number of hydrogen-bond donors (Lipinski definition) is 3. The van der Waals surface area contributed by atoms with Gasteiger partial charge >= 0.3 is 0 Å². The van der Waals surface area contributed by atoms with Gasteiger partial charge in [-0.2, -0.15) is 0 Å². The fourth-order valence-corrected chi connectivity index (χ4v) is 2.02.